The van der Waals surface area contributed by atoms with Crippen molar-refractivity contribution in [1.82, 2.24) is 0 Å². The van der Waals surface area contributed by atoms with Gasteiger partial charge < -0.3 is 24.4 Å². The predicted octanol–water partition coefficient (Wildman–Crippen LogP) is 5.52. The molecule has 0 aromatic heterocycles. The highest BCUT2D eigenvalue weighted by molar-refractivity contribution is 5.97. The van der Waals surface area contributed by atoms with Crippen molar-refractivity contribution in [2.75, 3.05) is 13.2 Å². The fourth-order valence-corrected chi connectivity index (χ4v) is 4.36. The number of carboxylic acid groups (broad SMARTS) is 1. The Kier molecular flexibility index (Phi) is 8.65. The minimum Gasteiger partial charge on any atom is -0.507 e. The number of aliphatic carboxylic acids is 1. The summed E-state index contributed by atoms with van der Waals surface area (Å²) in [5.41, 5.74) is 1.65. The minimum absolute atomic E-state index is 0.000252. The zero-order valence-corrected chi connectivity index (χ0v) is 21.1. The molecule has 0 saturated heterocycles. The molecule has 0 amide bonds. The van der Waals surface area contributed by atoms with Gasteiger partial charge in [0.05, 0.1) is 18.8 Å². The highest BCUT2D eigenvalue weighted by Gasteiger charge is 2.40. The number of carbonyl (C=O) groups is 2. The van der Waals surface area contributed by atoms with Gasteiger partial charge in [-0.05, 0) is 56.9 Å². The van der Waals surface area contributed by atoms with Gasteiger partial charge in [-0.2, -0.15) is 0 Å². The molecule has 1 aliphatic rings. The molecule has 0 aliphatic carbocycles. The molecular weight excluding hydrogens is 448 g/mol. The number of ketones is 1. The van der Waals surface area contributed by atoms with Crippen LogP contribution in [0.3, 0.4) is 0 Å². The zero-order chi connectivity index (χ0) is 25.6. The number of ether oxygens (including phenoxy) is 3. The van der Waals surface area contributed by atoms with E-state index in [4.69, 9.17) is 14.2 Å². The summed E-state index contributed by atoms with van der Waals surface area (Å²) >= 11 is 0. The van der Waals surface area contributed by atoms with Crippen LogP contribution < -0.4 is 14.2 Å². The van der Waals surface area contributed by atoms with Crippen molar-refractivity contribution >= 4 is 11.8 Å². The van der Waals surface area contributed by atoms with E-state index in [-0.39, 0.29) is 11.5 Å². The molecule has 7 heteroatoms. The molecule has 190 valence electrons. The molecule has 1 atom stereocenters. The topological polar surface area (TPSA) is 102 Å². The Morgan fingerprint density at radius 2 is 1.60 bits per heavy atom. The first-order valence-corrected chi connectivity index (χ1v) is 12.4. The van der Waals surface area contributed by atoms with Gasteiger partial charge in [0.15, 0.2) is 5.78 Å². The van der Waals surface area contributed by atoms with E-state index in [1.54, 1.807) is 19.1 Å². The molecule has 0 bridgehead atoms. The number of aromatic hydroxyl groups is 1. The Labute approximate surface area is 207 Å². The first kappa shape index (κ1) is 26.4. The smallest absolute Gasteiger partial charge is 0.347 e. The Morgan fingerprint density at radius 1 is 1.00 bits per heavy atom. The van der Waals surface area contributed by atoms with Gasteiger partial charge in [0.2, 0.25) is 5.60 Å². The fraction of sp³-hybridized carbons (Fsp3) is 0.500. The number of benzene rings is 2. The summed E-state index contributed by atoms with van der Waals surface area (Å²) in [5.74, 6) is 0.785. The van der Waals surface area contributed by atoms with Crippen molar-refractivity contribution in [2.24, 2.45) is 0 Å². The Hall–Kier alpha value is -3.22. The summed E-state index contributed by atoms with van der Waals surface area (Å²) in [6.45, 7) is 7.92. The maximum atomic E-state index is 11.7. The van der Waals surface area contributed by atoms with Crippen LogP contribution in [0.2, 0.25) is 0 Å². The summed E-state index contributed by atoms with van der Waals surface area (Å²) in [5, 5.41) is 20.1. The molecule has 0 fully saturated rings. The van der Waals surface area contributed by atoms with Gasteiger partial charge in [-0.1, -0.05) is 32.8 Å². The van der Waals surface area contributed by atoms with Gasteiger partial charge >= 0.3 is 5.97 Å². The molecular formula is C28H36O7. The lowest BCUT2D eigenvalue weighted by Crippen LogP contribution is -2.44. The number of rotatable bonds is 12. The quantitative estimate of drug-likeness (QED) is 0.302. The van der Waals surface area contributed by atoms with Gasteiger partial charge in [-0.3, -0.25) is 4.79 Å². The van der Waals surface area contributed by atoms with Crippen molar-refractivity contribution in [3.05, 3.63) is 46.5 Å². The highest BCUT2D eigenvalue weighted by atomic mass is 16.5. The van der Waals surface area contributed by atoms with E-state index in [1.165, 1.54) is 6.92 Å². The first-order valence-electron chi connectivity index (χ1n) is 12.4. The lowest BCUT2D eigenvalue weighted by molar-refractivity contribution is -0.155. The number of phenols is 1. The standard InChI is InChI=1S/C28H36O7/c1-5-8-21-23(13-11-20(18(3)29)25(21)30)33-16-7-17-34-24-12-10-19-14-15-28(4,27(31)32)35-26(19)22(24)9-6-2/h10-13,30H,5-9,14-17H2,1-4H3,(H,31,32). The molecule has 2 N–H and O–H groups in total. The third kappa shape index (κ3) is 5.89. The van der Waals surface area contributed by atoms with E-state index in [9.17, 15) is 19.8 Å². The number of phenolic OH excluding ortho intramolecular Hbond substituents is 1. The molecule has 0 saturated carbocycles. The van der Waals surface area contributed by atoms with Crippen LogP contribution in [0, 0.1) is 0 Å². The van der Waals surface area contributed by atoms with Crippen LogP contribution in [0.15, 0.2) is 24.3 Å². The van der Waals surface area contributed by atoms with E-state index in [2.05, 4.69) is 6.92 Å². The average Bonchev–Trinajstić information content (AvgIpc) is 2.82. The summed E-state index contributed by atoms with van der Waals surface area (Å²) < 4.78 is 18.0. The summed E-state index contributed by atoms with van der Waals surface area (Å²) in [7, 11) is 0. The first-order chi connectivity index (χ1) is 16.7. The van der Waals surface area contributed by atoms with Crippen LogP contribution in [0.25, 0.3) is 0 Å². The Balaban J connectivity index is 1.66. The maximum absolute atomic E-state index is 11.7. The maximum Gasteiger partial charge on any atom is 0.347 e. The molecule has 2 aromatic carbocycles. The number of Topliss-reactive ketones (excluding diaryl/α,β-unsaturated/α-hetero) is 1. The number of hydrogen-bond donors (Lipinski definition) is 2. The molecule has 1 unspecified atom stereocenters. The van der Waals surface area contributed by atoms with Gasteiger partial charge in [0, 0.05) is 24.0 Å². The number of aryl methyl sites for hydroxylation is 1. The molecule has 7 nitrogen and oxygen atoms in total. The van der Waals surface area contributed by atoms with Crippen molar-refractivity contribution < 1.29 is 34.0 Å². The second-order valence-electron chi connectivity index (χ2n) is 9.21. The van der Waals surface area contributed by atoms with Crippen LogP contribution >= 0.6 is 0 Å². The lowest BCUT2D eigenvalue weighted by Gasteiger charge is -2.34. The van der Waals surface area contributed by atoms with Gasteiger partial charge in [0.1, 0.15) is 23.0 Å². The van der Waals surface area contributed by atoms with E-state index >= 15 is 0 Å². The van der Waals surface area contributed by atoms with E-state index < -0.39 is 11.6 Å². The number of hydrogen-bond acceptors (Lipinski definition) is 6. The SMILES string of the molecule is CCCc1c(OCCCOc2ccc3c(c2CCC)OC(C)(C(=O)O)CC3)ccc(C(C)=O)c1O. The van der Waals surface area contributed by atoms with Gasteiger partial charge in [-0.15, -0.1) is 0 Å². The summed E-state index contributed by atoms with van der Waals surface area (Å²) in [6.07, 6.45) is 4.73. The normalized spacial score (nSPS) is 16.8. The second kappa shape index (κ2) is 11.5. The minimum atomic E-state index is -1.23. The van der Waals surface area contributed by atoms with Gasteiger partial charge in [-0.25, -0.2) is 4.79 Å². The van der Waals surface area contributed by atoms with Crippen LogP contribution in [0.1, 0.15) is 80.4 Å². The monoisotopic (exact) mass is 484 g/mol. The summed E-state index contributed by atoms with van der Waals surface area (Å²) in [6, 6.07) is 7.23. The van der Waals surface area contributed by atoms with Crippen LogP contribution in [0.5, 0.6) is 23.0 Å². The van der Waals surface area contributed by atoms with Gasteiger partial charge in [0.25, 0.3) is 0 Å². The van der Waals surface area contributed by atoms with E-state index in [1.807, 2.05) is 19.1 Å². The molecule has 1 aliphatic heterocycles. The predicted molar refractivity (Wildman–Crippen MR) is 133 cm³/mol. The Bertz CT molecular complexity index is 1080. The fourth-order valence-electron chi connectivity index (χ4n) is 4.36. The van der Waals surface area contributed by atoms with E-state index in [0.717, 1.165) is 30.4 Å². The number of carbonyl (C=O) groups excluding carboxylic acids is 1. The van der Waals surface area contributed by atoms with Crippen LogP contribution in [-0.2, 0) is 24.1 Å². The van der Waals surface area contributed by atoms with Crippen LogP contribution in [0.4, 0.5) is 0 Å². The third-order valence-electron chi connectivity index (χ3n) is 6.37. The molecule has 3 rings (SSSR count). The summed E-state index contributed by atoms with van der Waals surface area (Å²) in [4.78, 5) is 23.5. The number of fused-ring (bicyclic) bond motifs is 1. The van der Waals surface area contributed by atoms with Crippen molar-refractivity contribution in [1.29, 1.82) is 0 Å². The molecule has 0 spiro atoms. The van der Waals surface area contributed by atoms with Crippen molar-refractivity contribution in [3.8, 4) is 23.0 Å². The molecule has 1 heterocycles. The molecule has 0 radical (unpaired) electrons. The van der Waals surface area contributed by atoms with Crippen molar-refractivity contribution in [2.45, 2.75) is 78.2 Å². The van der Waals surface area contributed by atoms with Crippen LogP contribution in [-0.4, -0.2) is 40.8 Å². The average molecular weight is 485 g/mol. The second-order valence-corrected chi connectivity index (χ2v) is 9.21. The van der Waals surface area contributed by atoms with Crippen molar-refractivity contribution in [3.63, 3.8) is 0 Å². The lowest BCUT2D eigenvalue weighted by atomic mass is 9.90. The van der Waals surface area contributed by atoms with E-state index in [0.29, 0.717) is 67.3 Å². The molecule has 35 heavy (non-hydrogen) atoms. The largest absolute Gasteiger partial charge is 0.507 e. The molecule has 2 aromatic rings. The third-order valence-corrected chi connectivity index (χ3v) is 6.37. The highest BCUT2D eigenvalue weighted by Crippen LogP contribution is 2.41. The number of carboxylic acids is 1. The Morgan fingerprint density at radius 3 is 2.20 bits per heavy atom. The zero-order valence-electron chi connectivity index (χ0n) is 21.1.